The van der Waals surface area contributed by atoms with Crippen LogP contribution in [-0.4, -0.2) is 37.1 Å². The van der Waals surface area contributed by atoms with Crippen molar-refractivity contribution >= 4 is 5.91 Å². The Labute approximate surface area is 113 Å². The number of hydrogen-bond acceptors (Lipinski definition) is 4. The Morgan fingerprint density at radius 3 is 2.84 bits per heavy atom. The highest BCUT2D eigenvalue weighted by Gasteiger charge is 2.31. The van der Waals surface area contributed by atoms with Gasteiger partial charge in [-0.3, -0.25) is 15.1 Å². The van der Waals surface area contributed by atoms with Gasteiger partial charge in [0.1, 0.15) is 6.04 Å². The molecule has 5 heteroatoms. The van der Waals surface area contributed by atoms with Gasteiger partial charge < -0.3 is 4.74 Å². The molecule has 1 amide bonds. The van der Waals surface area contributed by atoms with Gasteiger partial charge >= 0.3 is 0 Å². The molecule has 2 atom stereocenters. The highest BCUT2D eigenvalue weighted by molar-refractivity contribution is 5.82. The Hall–Kier alpha value is -1.43. The first-order valence-electron chi connectivity index (χ1n) is 6.58. The minimum Gasteiger partial charge on any atom is -0.380 e. The van der Waals surface area contributed by atoms with E-state index in [9.17, 15) is 4.79 Å². The molecule has 2 unspecified atom stereocenters. The Balaban J connectivity index is 2.20. The lowest BCUT2D eigenvalue weighted by molar-refractivity contribution is -0.128. The van der Waals surface area contributed by atoms with Gasteiger partial charge in [0.25, 0.3) is 5.91 Å². The Morgan fingerprint density at radius 2 is 2.21 bits per heavy atom. The zero-order valence-corrected chi connectivity index (χ0v) is 11.2. The molecule has 19 heavy (non-hydrogen) atoms. The standard InChI is InChI=1S/C14H21N3O2/c1-19-12-8-5-9-17(10-12)13(14(18)16-15)11-6-3-2-4-7-11/h2-4,6-7,12-13H,5,8-10,15H2,1H3,(H,16,18). The van der Waals surface area contributed by atoms with Gasteiger partial charge in [-0.05, 0) is 24.9 Å². The molecule has 5 nitrogen and oxygen atoms in total. The molecular formula is C14H21N3O2. The number of hydrazine groups is 1. The molecule has 1 aromatic carbocycles. The zero-order chi connectivity index (χ0) is 13.7. The maximum absolute atomic E-state index is 12.1. The third kappa shape index (κ3) is 3.32. The summed E-state index contributed by atoms with van der Waals surface area (Å²) in [5, 5.41) is 0. The normalized spacial score (nSPS) is 21.9. The zero-order valence-electron chi connectivity index (χ0n) is 11.2. The first-order valence-corrected chi connectivity index (χ1v) is 6.58. The number of nitrogens with two attached hydrogens (primary N) is 1. The number of nitrogens with zero attached hydrogens (tertiary/aromatic N) is 1. The summed E-state index contributed by atoms with van der Waals surface area (Å²) >= 11 is 0. The lowest BCUT2D eigenvalue weighted by Gasteiger charge is -2.36. The number of piperidine rings is 1. The van der Waals surface area contributed by atoms with Gasteiger partial charge in [-0.2, -0.15) is 0 Å². The molecule has 3 N–H and O–H groups in total. The third-order valence-corrected chi connectivity index (χ3v) is 3.61. The van der Waals surface area contributed by atoms with Gasteiger partial charge in [-0.25, -0.2) is 5.84 Å². The third-order valence-electron chi connectivity index (χ3n) is 3.61. The second kappa shape index (κ2) is 6.65. The molecule has 1 aliphatic heterocycles. The Bertz CT molecular complexity index is 410. The van der Waals surface area contributed by atoms with Gasteiger partial charge in [0, 0.05) is 13.7 Å². The van der Waals surface area contributed by atoms with Crippen molar-refractivity contribution in [2.45, 2.75) is 25.0 Å². The Morgan fingerprint density at radius 1 is 1.47 bits per heavy atom. The van der Waals surface area contributed by atoms with Crippen molar-refractivity contribution in [3.8, 4) is 0 Å². The van der Waals surface area contributed by atoms with Gasteiger partial charge in [0.05, 0.1) is 6.10 Å². The fourth-order valence-electron chi connectivity index (χ4n) is 2.64. The van der Waals surface area contributed by atoms with Crippen LogP contribution in [0.25, 0.3) is 0 Å². The number of amides is 1. The molecule has 1 heterocycles. The molecule has 1 aromatic rings. The van der Waals surface area contributed by atoms with E-state index in [0.29, 0.717) is 0 Å². The molecule has 0 aliphatic carbocycles. The number of carbonyl (C=O) groups excluding carboxylic acids is 1. The molecule has 0 bridgehead atoms. The molecule has 0 spiro atoms. The number of likely N-dealkylation sites (tertiary alicyclic amines) is 1. The van der Waals surface area contributed by atoms with Crippen LogP contribution in [0, 0.1) is 0 Å². The quantitative estimate of drug-likeness (QED) is 0.479. The highest BCUT2D eigenvalue weighted by atomic mass is 16.5. The van der Waals surface area contributed by atoms with Crippen LogP contribution < -0.4 is 11.3 Å². The number of carbonyl (C=O) groups is 1. The van der Waals surface area contributed by atoms with Gasteiger partial charge in [0.15, 0.2) is 0 Å². The van der Waals surface area contributed by atoms with Crippen LogP contribution in [0.1, 0.15) is 24.4 Å². The van der Waals surface area contributed by atoms with E-state index < -0.39 is 0 Å². The monoisotopic (exact) mass is 263 g/mol. The van der Waals surface area contributed by atoms with Crippen LogP contribution in [0.4, 0.5) is 0 Å². The predicted octanol–water partition coefficient (Wildman–Crippen LogP) is 0.828. The predicted molar refractivity (Wildman–Crippen MR) is 73.1 cm³/mol. The van der Waals surface area contributed by atoms with Gasteiger partial charge in [0.2, 0.25) is 0 Å². The summed E-state index contributed by atoms with van der Waals surface area (Å²) < 4.78 is 5.42. The van der Waals surface area contributed by atoms with Crippen LogP contribution in [0.3, 0.4) is 0 Å². The molecule has 0 aromatic heterocycles. The van der Waals surface area contributed by atoms with E-state index in [-0.39, 0.29) is 18.1 Å². The fourth-order valence-corrected chi connectivity index (χ4v) is 2.64. The van der Waals surface area contributed by atoms with Crippen molar-refractivity contribution in [1.82, 2.24) is 10.3 Å². The summed E-state index contributed by atoms with van der Waals surface area (Å²) in [7, 11) is 1.72. The molecular weight excluding hydrogens is 242 g/mol. The lowest BCUT2D eigenvalue weighted by atomic mass is 10.00. The minimum atomic E-state index is -0.343. The number of benzene rings is 1. The van der Waals surface area contributed by atoms with E-state index in [0.717, 1.165) is 31.5 Å². The molecule has 0 radical (unpaired) electrons. The van der Waals surface area contributed by atoms with Crippen LogP contribution in [0.5, 0.6) is 0 Å². The maximum Gasteiger partial charge on any atom is 0.255 e. The van der Waals surface area contributed by atoms with Crippen molar-refractivity contribution in [3.63, 3.8) is 0 Å². The van der Waals surface area contributed by atoms with Crippen LogP contribution >= 0.6 is 0 Å². The average Bonchev–Trinajstić information content (AvgIpc) is 2.48. The van der Waals surface area contributed by atoms with E-state index in [1.54, 1.807) is 7.11 Å². The topological polar surface area (TPSA) is 67.6 Å². The Kier molecular flexibility index (Phi) is 4.90. The van der Waals surface area contributed by atoms with Crippen LogP contribution in [-0.2, 0) is 9.53 Å². The highest BCUT2D eigenvalue weighted by Crippen LogP contribution is 2.25. The summed E-state index contributed by atoms with van der Waals surface area (Å²) in [5.41, 5.74) is 3.23. The van der Waals surface area contributed by atoms with E-state index in [4.69, 9.17) is 10.6 Å². The average molecular weight is 263 g/mol. The van der Waals surface area contributed by atoms with Gasteiger partial charge in [-0.15, -0.1) is 0 Å². The van der Waals surface area contributed by atoms with E-state index in [1.165, 1.54) is 0 Å². The van der Waals surface area contributed by atoms with E-state index in [1.807, 2.05) is 30.3 Å². The number of rotatable bonds is 4. The first kappa shape index (κ1) is 14.0. The smallest absolute Gasteiger partial charge is 0.255 e. The lowest BCUT2D eigenvalue weighted by Crippen LogP contribution is -2.48. The first-order chi connectivity index (χ1) is 9.26. The summed E-state index contributed by atoms with van der Waals surface area (Å²) in [6.45, 7) is 1.64. The fraction of sp³-hybridized carbons (Fsp3) is 0.500. The maximum atomic E-state index is 12.1. The van der Waals surface area contributed by atoms with Crippen molar-refractivity contribution in [3.05, 3.63) is 35.9 Å². The SMILES string of the molecule is COC1CCCN(C(C(=O)NN)c2ccccc2)C1. The number of methoxy groups -OCH3 is 1. The van der Waals surface area contributed by atoms with Crippen molar-refractivity contribution in [1.29, 1.82) is 0 Å². The summed E-state index contributed by atoms with van der Waals surface area (Å²) in [6.07, 6.45) is 2.25. The van der Waals surface area contributed by atoms with Crippen LogP contribution in [0.2, 0.25) is 0 Å². The largest absolute Gasteiger partial charge is 0.380 e. The number of hydrogen-bond donors (Lipinski definition) is 2. The van der Waals surface area contributed by atoms with E-state index in [2.05, 4.69) is 10.3 Å². The summed E-state index contributed by atoms with van der Waals surface area (Å²) in [4.78, 5) is 14.2. The number of nitrogens with one attached hydrogen (secondary N) is 1. The molecule has 104 valence electrons. The second-order valence-electron chi connectivity index (χ2n) is 4.82. The van der Waals surface area contributed by atoms with Crippen molar-refractivity contribution in [2.24, 2.45) is 5.84 Å². The molecule has 2 rings (SSSR count). The summed E-state index contributed by atoms with van der Waals surface area (Å²) in [5.74, 6) is 5.15. The molecule has 1 fully saturated rings. The number of ether oxygens (including phenoxy) is 1. The second-order valence-corrected chi connectivity index (χ2v) is 4.82. The molecule has 1 saturated heterocycles. The van der Waals surface area contributed by atoms with Crippen molar-refractivity contribution in [2.75, 3.05) is 20.2 Å². The molecule has 1 aliphatic rings. The minimum absolute atomic E-state index is 0.178. The van der Waals surface area contributed by atoms with Crippen molar-refractivity contribution < 1.29 is 9.53 Å². The van der Waals surface area contributed by atoms with Crippen LogP contribution in [0.15, 0.2) is 30.3 Å². The molecule has 0 saturated carbocycles. The van der Waals surface area contributed by atoms with E-state index >= 15 is 0 Å². The summed E-state index contributed by atoms with van der Waals surface area (Å²) in [6, 6.07) is 9.37. The van der Waals surface area contributed by atoms with Gasteiger partial charge in [-0.1, -0.05) is 30.3 Å².